The summed E-state index contributed by atoms with van der Waals surface area (Å²) in [6, 6.07) is 6.06. The summed E-state index contributed by atoms with van der Waals surface area (Å²) in [5.41, 5.74) is 1.14. The molecule has 1 nitrogen and oxygen atoms in total. The van der Waals surface area contributed by atoms with Gasteiger partial charge in [-0.15, -0.1) is 0 Å². The van der Waals surface area contributed by atoms with Gasteiger partial charge < -0.3 is 5.32 Å². The van der Waals surface area contributed by atoms with Crippen LogP contribution >= 0.6 is 23.2 Å². The summed E-state index contributed by atoms with van der Waals surface area (Å²) in [5.74, 6) is 0. The van der Waals surface area contributed by atoms with Crippen LogP contribution in [0.5, 0.6) is 0 Å². The summed E-state index contributed by atoms with van der Waals surface area (Å²) < 4.78 is 0. The number of hydrogen-bond acceptors (Lipinski definition) is 1. The van der Waals surface area contributed by atoms with E-state index in [1.807, 2.05) is 18.2 Å². The van der Waals surface area contributed by atoms with Crippen LogP contribution in [0.3, 0.4) is 0 Å². The molecule has 0 fully saturated rings. The maximum Gasteiger partial charge on any atom is 0.0454 e. The number of unbranched alkanes of at least 4 members (excludes halogenated alkanes) is 3. The average Bonchev–Trinajstić information content (AvgIpc) is 2.41. The van der Waals surface area contributed by atoms with Gasteiger partial charge in [-0.25, -0.2) is 0 Å². The third kappa shape index (κ3) is 6.16. The minimum Gasteiger partial charge on any atom is -0.310 e. The smallest absolute Gasteiger partial charge is 0.0454 e. The highest BCUT2D eigenvalue weighted by Crippen LogP contribution is 2.29. The molecule has 0 spiro atoms. The molecule has 0 amide bonds. The second kappa shape index (κ2) is 9.63. The Hall–Kier alpha value is -0.240. The molecular weight excluding hydrogens is 277 g/mol. The molecule has 0 saturated heterocycles. The van der Waals surface area contributed by atoms with Gasteiger partial charge in [-0.05, 0) is 43.1 Å². The van der Waals surface area contributed by atoms with Crippen LogP contribution in [0, 0.1) is 0 Å². The van der Waals surface area contributed by atoms with E-state index < -0.39 is 0 Å². The topological polar surface area (TPSA) is 12.0 Å². The molecule has 1 atom stereocenters. The monoisotopic (exact) mass is 301 g/mol. The summed E-state index contributed by atoms with van der Waals surface area (Å²) in [4.78, 5) is 0. The van der Waals surface area contributed by atoms with Gasteiger partial charge in [0.15, 0.2) is 0 Å². The molecule has 0 heterocycles. The maximum atomic E-state index is 6.31. The highest BCUT2D eigenvalue weighted by Gasteiger charge is 2.14. The fraction of sp³-hybridized carbons (Fsp3) is 0.625. The van der Waals surface area contributed by atoms with Crippen molar-refractivity contribution in [3.8, 4) is 0 Å². The minimum atomic E-state index is 0.322. The summed E-state index contributed by atoms with van der Waals surface area (Å²) in [5, 5.41) is 5.16. The van der Waals surface area contributed by atoms with Crippen LogP contribution < -0.4 is 5.32 Å². The second-order valence-corrected chi connectivity index (χ2v) is 5.87. The predicted molar refractivity (Wildman–Crippen MR) is 86.3 cm³/mol. The van der Waals surface area contributed by atoms with Crippen molar-refractivity contribution < 1.29 is 0 Å². The molecule has 0 saturated carbocycles. The van der Waals surface area contributed by atoms with Crippen molar-refractivity contribution in [2.45, 2.75) is 58.4 Å². The van der Waals surface area contributed by atoms with E-state index in [1.54, 1.807) is 0 Å². The molecule has 0 radical (unpaired) electrons. The molecule has 0 aliphatic rings. The molecule has 1 aromatic carbocycles. The van der Waals surface area contributed by atoms with Crippen LogP contribution in [0.4, 0.5) is 0 Å². The van der Waals surface area contributed by atoms with Crippen LogP contribution in [0.25, 0.3) is 0 Å². The van der Waals surface area contributed by atoms with Gasteiger partial charge in [0, 0.05) is 16.1 Å². The molecule has 1 aromatic rings. The van der Waals surface area contributed by atoms with Crippen molar-refractivity contribution in [2.24, 2.45) is 0 Å². The zero-order chi connectivity index (χ0) is 14.1. The molecule has 1 N–H and O–H groups in total. The Balaban J connectivity index is 2.68. The molecule has 3 heteroatoms. The molecule has 0 aliphatic carbocycles. The Morgan fingerprint density at radius 3 is 2.53 bits per heavy atom. The Kier molecular flexibility index (Phi) is 8.52. The Labute approximate surface area is 127 Å². The third-order valence-corrected chi connectivity index (χ3v) is 3.90. The summed E-state index contributed by atoms with van der Waals surface area (Å²) in [6.45, 7) is 5.43. The maximum absolute atomic E-state index is 6.31. The van der Waals surface area contributed by atoms with Gasteiger partial charge in [0.1, 0.15) is 0 Å². The first kappa shape index (κ1) is 16.8. The van der Waals surface area contributed by atoms with Gasteiger partial charge in [-0.1, -0.05) is 62.7 Å². The first-order valence-electron chi connectivity index (χ1n) is 7.37. The van der Waals surface area contributed by atoms with Crippen molar-refractivity contribution in [3.05, 3.63) is 33.8 Å². The summed E-state index contributed by atoms with van der Waals surface area (Å²) >= 11 is 12.4. The minimum absolute atomic E-state index is 0.322. The van der Waals surface area contributed by atoms with Crippen molar-refractivity contribution >= 4 is 23.2 Å². The lowest BCUT2D eigenvalue weighted by Gasteiger charge is -2.20. The first-order chi connectivity index (χ1) is 9.19. The number of halogens is 2. The van der Waals surface area contributed by atoms with Crippen LogP contribution in [-0.4, -0.2) is 6.54 Å². The summed E-state index contributed by atoms with van der Waals surface area (Å²) in [6.07, 6.45) is 7.36. The SMILES string of the molecule is CCCCCCC(NCCC)c1cc(Cl)ccc1Cl. The van der Waals surface area contributed by atoms with Gasteiger partial charge in [-0.3, -0.25) is 0 Å². The van der Waals surface area contributed by atoms with Crippen molar-refractivity contribution in [1.29, 1.82) is 0 Å². The predicted octanol–water partition coefficient (Wildman–Crippen LogP) is 6.00. The van der Waals surface area contributed by atoms with E-state index in [1.165, 1.54) is 25.7 Å². The largest absolute Gasteiger partial charge is 0.310 e. The zero-order valence-corrected chi connectivity index (χ0v) is 13.5. The van der Waals surface area contributed by atoms with Gasteiger partial charge in [0.25, 0.3) is 0 Å². The second-order valence-electron chi connectivity index (χ2n) is 5.02. The molecule has 108 valence electrons. The van der Waals surface area contributed by atoms with Crippen molar-refractivity contribution in [1.82, 2.24) is 5.32 Å². The van der Waals surface area contributed by atoms with Gasteiger partial charge in [0.05, 0.1) is 0 Å². The van der Waals surface area contributed by atoms with Crippen LogP contribution in [0.2, 0.25) is 10.0 Å². The van der Waals surface area contributed by atoms with Gasteiger partial charge in [-0.2, -0.15) is 0 Å². The Bertz CT molecular complexity index is 366. The highest BCUT2D eigenvalue weighted by molar-refractivity contribution is 6.33. The number of benzene rings is 1. The third-order valence-electron chi connectivity index (χ3n) is 3.32. The lowest BCUT2D eigenvalue weighted by atomic mass is 9.99. The quantitative estimate of drug-likeness (QED) is 0.551. The van der Waals surface area contributed by atoms with Crippen molar-refractivity contribution in [3.63, 3.8) is 0 Å². The van der Waals surface area contributed by atoms with E-state index in [-0.39, 0.29) is 0 Å². The molecule has 1 unspecified atom stereocenters. The number of hydrogen-bond donors (Lipinski definition) is 1. The number of nitrogens with one attached hydrogen (secondary N) is 1. The van der Waals surface area contributed by atoms with E-state index in [4.69, 9.17) is 23.2 Å². The van der Waals surface area contributed by atoms with Crippen LogP contribution in [-0.2, 0) is 0 Å². The molecule has 19 heavy (non-hydrogen) atoms. The highest BCUT2D eigenvalue weighted by atomic mass is 35.5. The van der Waals surface area contributed by atoms with E-state index in [9.17, 15) is 0 Å². The molecule has 0 aromatic heterocycles. The van der Waals surface area contributed by atoms with Gasteiger partial charge in [0.2, 0.25) is 0 Å². The average molecular weight is 302 g/mol. The Morgan fingerprint density at radius 1 is 1.05 bits per heavy atom. The molecule has 1 rings (SSSR count). The lowest BCUT2D eigenvalue weighted by Crippen LogP contribution is -2.22. The number of rotatable bonds is 9. The van der Waals surface area contributed by atoms with Crippen molar-refractivity contribution in [2.75, 3.05) is 6.54 Å². The molecule has 0 aliphatic heterocycles. The van der Waals surface area contributed by atoms with E-state index in [0.29, 0.717) is 6.04 Å². The fourth-order valence-electron chi connectivity index (χ4n) is 2.24. The fourth-order valence-corrected chi connectivity index (χ4v) is 2.67. The lowest BCUT2D eigenvalue weighted by molar-refractivity contribution is 0.470. The normalized spacial score (nSPS) is 12.6. The zero-order valence-electron chi connectivity index (χ0n) is 12.0. The van der Waals surface area contributed by atoms with Crippen LogP contribution in [0.1, 0.15) is 64.0 Å². The van der Waals surface area contributed by atoms with E-state index in [2.05, 4.69) is 19.2 Å². The van der Waals surface area contributed by atoms with E-state index in [0.717, 1.165) is 35.0 Å². The van der Waals surface area contributed by atoms with Crippen LogP contribution in [0.15, 0.2) is 18.2 Å². The standard InChI is InChI=1S/C16H25Cl2N/c1-3-5-6-7-8-16(19-11-4-2)14-12-13(17)9-10-15(14)18/h9-10,12,16,19H,3-8,11H2,1-2H3. The van der Waals surface area contributed by atoms with Gasteiger partial charge >= 0.3 is 0 Å². The summed E-state index contributed by atoms with van der Waals surface area (Å²) in [7, 11) is 0. The Morgan fingerprint density at radius 2 is 1.84 bits per heavy atom. The molecular formula is C16H25Cl2N. The first-order valence-corrected chi connectivity index (χ1v) is 8.13. The molecule has 0 bridgehead atoms. The van der Waals surface area contributed by atoms with E-state index >= 15 is 0 Å².